The van der Waals surface area contributed by atoms with Crippen LogP contribution in [0.25, 0.3) is 10.9 Å². The molecule has 1 saturated heterocycles. The Balaban J connectivity index is 1.65. The smallest absolute Gasteiger partial charge is 0.168 e. The highest BCUT2D eigenvalue weighted by Gasteiger charge is 2.27. The number of aldehydes is 1. The van der Waals surface area contributed by atoms with Crippen molar-refractivity contribution in [2.75, 3.05) is 38.7 Å². The van der Waals surface area contributed by atoms with Gasteiger partial charge in [-0.15, -0.1) is 0 Å². The summed E-state index contributed by atoms with van der Waals surface area (Å²) in [5.41, 5.74) is 0.487. The maximum atomic E-state index is 14.4. The maximum absolute atomic E-state index is 14.4. The van der Waals surface area contributed by atoms with Gasteiger partial charge in [-0.1, -0.05) is 11.6 Å². The number of hydrogen-bond acceptors (Lipinski definition) is 8. The van der Waals surface area contributed by atoms with E-state index in [2.05, 4.69) is 15.3 Å². The molecule has 4 rings (SSSR count). The maximum Gasteiger partial charge on any atom is 0.168 e. The number of fused-ring (bicyclic) bond motifs is 1. The number of anilines is 2. The minimum atomic E-state index is -0.928. The van der Waals surface area contributed by atoms with Gasteiger partial charge in [0.15, 0.2) is 17.3 Å². The second kappa shape index (κ2) is 10.6. The Morgan fingerprint density at radius 3 is 2.79 bits per heavy atom. The van der Waals surface area contributed by atoms with Crippen LogP contribution in [0.1, 0.15) is 0 Å². The van der Waals surface area contributed by atoms with Crippen LogP contribution in [-0.4, -0.2) is 60.7 Å². The molecule has 1 N–H and O–H groups in total. The molecule has 0 atom stereocenters. The molecule has 2 aromatic carbocycles. The van der Waals surface area contributed by atoms with E-state index in [-0.39, 0.29) is 17.6 Å². The highest BCUT2D eigenvalue weighted by atomic mass is 35.5. The number of rotatable bonds is 10. The lowest BCUT2D eigenvalue weighted by Gasteiger charge is -2.38. The van der Waals surface area contributed by atoms with Crippen molar-refractivity contribution in [3.63, 3.8) is 0 Å². The van der Waals surface area contributed by atoms with E-state index in [0.717, 1.165) is 6.07 Å². The number of hydrogen-bond donors (Lipinski definition) is 1. The number of nitrogens with zero attached hydrogens (tertiary/aromatic N) is 3. The number of likely N-dealkylation sites (tertiary alicyclic amines) is 1. The Morgan fingerprint density at radius 2 is 2.03 bits per heavy atom. The topological polar surface area (TPSA) is 85.8 Å². The zero-order valence-electron chi connectivity index (χ0n) is 18.1. The molecule has 0 bridgehead atoms. The molecule has 8 nitrogen and oxygen atoms in total. The van der Waals surface area contributed by atoms with E-state index in [1.54, 1.807) is 25.4 Å². The van der Waals surface area contributed by atoms with Crippen LogP contribution in [-0.2, 0) is 9.53 Å². The van der Waals surface area contributed by atoms with Gasteiger partial charge in [-0.25, -0.2) is 18.7 Å². The molecule has 2 heterocycles. The molecule has 0 spiro atoms. The van der Waals surface area contributed by atoms with Crippen LogP contribution in [0.15, 0.2) is 42.9 Å². The number of nitrogens with one attached hydrogen (secondary N) is 1. The first-order valence-corrected chi connectivity index (χ1v) is 10.7. The summed E-state index contributed by atoms with van der Waals surface area (Å²) in [6, 6.07) is 5.70. The molecular weight excluding hydrogens is 470 g/mol. The summed E-state index contributed by atoms with van der Waals surface area (Å²) in [6.07, 6.45) is 5.01. The predicted molar refractivity (Wildman–Crippen MR) is 123 cm³/mol. The van der Waals surface area contributed by atoms with Gasteiger partial charge in [-0.3, -0.25) is 4.79 Å². The predicted octanol–water partition coefficient (Wildman–Crippen LogP) is 4.11. The first-order chi connectivity index (χ1) is 16.5. The van der Waals surface area contributed by atoms with Crippen molar-refractivity contribution < 1.29 is 27.8 Å². The van der Waals surface area contributed by atoms with Crippen LogP contribution in [0.4, 0.5) is 20.3 Å². The van der Waals surface area contributed by atoms with Gasteiger partial charge >= 0.3 is 0 Å². The third-order valence-electron chi connectivity index (χ3n) is 5.08. The number of ether oxygens (including phenoxy) is 3. The quantitative estimate of drug-likeness (QED) is 0.197. The van der Waals surface area contributed by atoms with Gasteiger partial charge in [0.25, 0.3) is 0 Å². The number of benzene rings is 2. The molecule has 34 heavy (non-hydrogen) atoms. The van der Waals surface area contributed by atoms with Gasteiger partial charge in [-0.05, 0) is 24.3 Å². The van der Waals surface area contributed by atoms with Crippen LogP contribution in [0.2, 0.25) is 5.02 Å². The van der Waals surface area contributed by atoms with Crippen LogP contribution in [0, 0.1) is 11.6 Å². The van der Waals surface area contributed by atoms with Crippen LogP contribution < -0.4 is 14.8 Å². The standard InChI is InChI=1S/C23H21ClF2N4O4/c1-32-7-8-33-19-10-18-15(9-20(19)34-14-11-30(12-14)5-2-6-31)23(28-13-27-18)29-17-4-3-16(25)21(24)22(17)26/h2-6,9-10,13-14H,7-8,11-12H2,1H3,(H,27,28,29). The van der Waals surface area contributed by atoms with Gasteiger partial charge in [0, 0.05) is 24.8 Å². The van der Waals surface area contributed by atoms with E-state index < -0.39 is 16.7 Å². The average Bonchev–Trinajstić information content (AvgIpc) is 2.81. The Labute approximate surface area is 199 Å². The molecule has 0 unspecified atom stereocenters. The van der Waals surface area contributed by atoms with Crippen molar-refractivity contribution in [3.05, 3.63) is 59.5 Å². The Hall–Kier alpha value is -3.50. The van der Waals surface area contributed by atoms with Crippen molar-refractivity contribution in [2.45, 2.75) is 6.10 Å². The fourth-order valence-electron chi connectivity index (χ4n) is 3.36. The summed E-state index contributed by atoms with van der Waals surface area (Å²) < 4.78 is 45.0. The molecule has 3 aromatic rings. The molecule has 1 aliphatic rings. The van der Waals surface area contributed by atoms with Crippen molar-refractivity contribution in [3.8, 4) is 11.5 Å². The second-order valence-electron chi connectivity index (χ2n) is 7.40. The number of carbonyl (C=O) groups is 1. The lowest BCUT2D eigenvalue weighted by molar-refractivity contribution is -0.104. The van der Waals surface area contributed by atoms with Gasteiger partial charge in [0.05, 0.1) is 30.9 Å². The van der Waals surface area contributed by atoms with Crippen LogP contribution in [0.3, 0.4) is 0 Å². The van der Waals surface area contributed by atoms with Gasteiger partial charge < -0.3 is 24.4 Å². The summed E-state index contributed by atoms with van der Waals surface area (Å²) in [4.78, 5) is 20.9. The number of aromatic nitrogens is 2. The molecule has 0 amide bonds. The first-order valence-electron chi connectivity index (χ1n) is 10.3. The SMILES string of the molecule is COCCOc1cc2ncnc(Nc3ccc(F)c(Cl)c3F)c2cc1OC1CN(C=CC=O)C1. The van der Waals surface area contributed by atoms with Crippen molar-refractivity contribution in [1.82, 2.24) is 14.9 Å². The zero-order chi connectivity index (χ0) is 24.1. The number of allylic oxidation sites excluding steroid dienone is 1. The van der Waals surface area contributed by atoms with Crippen molar-refractivity contribution >= 4 is 40.3 Å². The summed E-state index contributed by atoms with van der Waals surface area (Å²) in [6.45, 7) is 1.87. The fourth-order valence-corrected chi connectivity index (χ4v) is 3.52. The van der Waals surface area contributed by atoms with Gasteiger partial charge in [-0.2, -0.15) is 0 Å². The molecule has 0 radical (unpaired) electrons. The van der Waals surface area contributed by atoms with E-state index in [0.29, 0.717) is 55.0 Å². The van der Waals surface area contributed by atoms with E-state index in [4.69, 9.17) is 25.8 Å². The lowest BCUT2D eigenvalue weighted by atomic mass is 10.1. The Bertz CT molecular complexity index is 1220. The third kappa shape index (κ3) is 5.18. The lowest BCUT2D eigenvalue weighted by Crippen LogP contribution is -2.50. The molecule has 0 aliphatic carbocycles. The summed E-state index contributed by atoms with van der Waals surface area (Å²) in [5, 5.41) is 2.77. The summed E-state index contributed by atoms with van der Waals surface area (Å²) in [5.74, 6) is -0.593. The van der Waals surface area contributed by atoms with Crippen LogP contribution >= 0.6 is 11.6 Å². The Kier molecular flexibility index (Phi) is 7.39. The number of halogens is 3. The third-order valence-corrected chi connectivity index (χ3v) is 5.43. The van der Waals surface area contributed by atoms with Gasteiger partial charge in [0.2, 0.25) is 0 Å². The Morgan fingerprint density at radius 1 is 1.21 bits per heavy atom. The molecule has 178 valence electrons. The largest absolute Gasteiger partial charge is 0.487 e. The first kappa shape index (κ1) is 23.7. The fraction of sp³-hybridized carbons (Fsp3) is 0.261. The monoisotopic (exact) mass is 490 g/mol. The normalized spacial score (nSPS) is 13.8. The van der Waals surface area contributed by atoms with Crippen molar-refractivity contribution in [1.29, 1.82) is 0 Å². The average molecular weight is 491 g/mol. The van der Waals surface area contributed by atoms with E-state index in [9.17, 15) is 13.6 Å². The molecule has 0 saturated carbocycles. The van der Waals surface area contributed by atoms with E-state index >= 15 is 0 Å². The minimum Gasteiger partial charge on any atom is -0.487 e. The minimum absolute atomic E-state index is 0.0362. The molecular formula is C23H21ClF2N4O4. The molecule has 11 heteroatoms. The number of methoxy groups -OCH3 is 1. The molecule has 1 aromatic heterocycles. The second-order valence-corrected chi connectivity index (χ2v) is 7.78. The zero-order valence-corrected chi connectivity index (χ0v) is 18.9. The van der Waals surface area contributed by atoms with Crippen molar-refractivity contribution in [2.24, 2.45) is 0 Å². The highest BCUT2D eigenvalue weighted by Crippen LogP contribution is 2.37. The summed E-state index contributed by atoms with van der Waals surface area (Å²) >= 11 is 5.70. The molecule has 1 fully saturated rings. The van der Waals surface area contributed by atoms with Gasteiger partial charge in [0.1, 0.15) is 42.0 Å². The molecule has 1 aliphatic heterocycles. The highest BCUT2D eigenvalue weighted by molar-refractivity contribution is 6.31. The summed E-state index contributed by atoms with van der Waals surface area (Å²) in [7, 11) is 1.57. The van der Waals surface area contributed by atoms with Crippen LogP contribution in [0.5, 0.6) is 11.5 Å². The van der Waals surface area contributed by atoms with E-state index in [1.807, 2.05) is 4.90 Å². The number of carbonyl (C=O) groups excluding carboxylic acids is 1. The van der Waals surface area contributed by atoms with E-state index in [1.165, 1.54) is 18.5 Å².